The summed E-state index contributed by atoms with van der Waals surface area (Å²) >= 11 is 1.54. The summed E-state index contributed by atoms with van der Waals surface area (Å²) in [6.45, 7) is 1.76. The fourth-order valence-electron chi connectivity index (χ4n) is 1.15. The second-order valence-corrected chi connectivity index (χ2v) is 4.05. The number of aliphatic hydroxyl groups excluding tert-OH is 1. The first kappa shape index (κ1) is 8.59. The minimum Gasteiger partial charge on any atom is -0.393 e. The SMILES string of the molecule is CC(O)Cc1nc2cccnc2s1. The number of nitrogens with zero attached hydrogens (tertiary/aromatic N) is 2. The van der Waals surface area contributed by atoms with Crippen molar-refractivity contribution in [1.29, 1.82) is 0 Å². The number of hydrogen-bond acceptors (Lipinski definition) is 4. The molecule has 1 unspecified atom stereocenters. The Bertz CT molecular complexity index is 378. The second kappa shape index (κ2) is 3.40. The smallest absolute Gasteiger partial charge is 0.143 e. The van der Waals surface area contributed by atoms with Crippen molar-refractivity contribution in [3.63, 3.8) is 0 Å². The second-order valence-electron chi connectivity index (χ2n) is 2.99. The van der Waals surface area contributed by atoms with Gasteiger partial charge in [0.2, 0.25) is 0 Å². The summed E-state index contributed by atoms with van der Waals surface area (Å²) in [4.78, 5) is 9.48. The minimum absolute atomic E-state index is 0.333. The molecule has 13 heavy (non-hydrogen) atoms. The average Bonchev–Trinajstić information content (AvgIpc) is 2.44. The van der Waals surface area contributed by atoms with Crippen LogP contribution in [0.4, 0.5) is 0 Å². The van der Waals surface area contributed by atoms with E-state index in [1.807, 2.05) is 12.1 Å². The van der Waals surface area contributed by atoms with Crippen molar-refractivity contribution in [2.45, 2.75) is 19.4 Å². The number of thiazole rings is 1. The number of hydrogen-bond donors (Lipinski definition) is 1. The highest BCUT2D eigenvalue weighted by molar-refractivity contribution is 7.18. The highest BCUT2D eigenvalue weighted by atomic mass is 32.1. The van der Waals surface area contributed by atoms with Crippen molar-refractivity contribution in [3.8, 4) is 0 Å². The maximum Gasteiger partial charge on any atom is 0.143 e. The van der Waals surface area contributed by atoms with Gasteiger partial charge in [0.25, 0.3) is 0 Å². The third kappa shape index (κ3) is 1.84. The van der Waals surface area contributed by atoms with Crippen LogP contribution < -0.4 is 0 Å². The van der Waals surface area contributed by atoms with Gasteiger partial charge in [-0.3, -0.25) is 0 Å². The molecule has 2 heterocycles. The fraction of sp³-hybridized carbons (Fsp3) is 0.333. The van der Waals surface area contributed by atoms with Crippen LogP contribution in [0.1, 0.15) is 11.9 Å². The van der Waals surface area contributed by atoms with Crippen LogP contribution in [0.3, 0.4) is 0 Å². The molecule has 0 aliphatic carbocycles. The number of aliphatic hydroxyl groups is 1. The Balaban J connectivity index is 2.38. The van der Waals surface area contributed by atoms with Gasteiger partial charge in [-0.05, 0) is 19.1 Å². The molecule has 0 bridgehead atoms. The normalized spacial score (nSPS) is 13.4. The lowest BCUT2D eigenvalue weighted by Crippen LogP contribution is -2.03. The lowest BCUT2D eigenvalue weighted by molar-refractivity contribution is 0.195. The summed E-state index contributed by atoms with van der Waals surface area (Å²) in [6.07, 6.45) is 2.04. The first-order valence-electron chi connectivity index (χ1n) is 4.14. The Morgan fingerprint density at radius 2 is 2.46 bits per heavy atom. The third-order valence-corrected chi connectivity index (χ3v) is 2.68. The highest BCUT2D eigenvalue weighted by Crippen LogP contribution is 2.19. The van der Waals surface area contributed by atoms with Crippen LogP contribution in [-0.4, -0.2) is 21.2 Å². The molecule has 0 spiro atoms. The fourth-order valence-corrected chi connectivity index (χ4v) is 2.18. The number of fused-ring (bicyclic) bond motifs is 1. The molecule has 0 amide bonds. The quantitative estimate of drug-likeness (QED) is 0.790. The van der Waals surface area contributed by atoms with E-state index in [0.29, 0.717) is 6.42 Å². The average molecular weight is 194 g/mol. The number of rotatable bonds is 2. The molecule has 1 atom stereocenters. The summed E-state index contributed by atoms with van der Waals surface area (Å²) in [6, 6.07) is 3.80. The van der Waals surface area contributed by atoms with E-state index in [2.05, 4.69) is 9.97 Å². The van der Waals surface area contributed by atoms with Gasteiger partial charge in [-0.2, -0.15) is 0 Å². The maximum absolute atomic E-state index is 9.18. The van der Waals surface area contributed by atoms with Crippen LogP contribution in [-0.2, 0) is 6.42 Å². The Labute approximate surface area is 80.1 Å². The standard InChI is InChI=1S/C9H10N2OS/c1-6(12)5-8-11-7-3-2-4-10-9(7)13-8/h2-4,6,12H,5H2,1H3. The molecule has 3 nitrogen and oxygen atoms in total. The van der Waals surface area contributed by atoms with Crippen molar-refractivity contribution >= 4 is 21.7 Å². The van der Waals surface area contributed by atoms with E-state index in [9.17, 15) is 5.11 Å². The Hall–Kier alpha value is -1.00. The first-order valence-corrected chi connectivity index (χ1v) is 4.96. The van der Waals surface area contributed by atoms with Crippen molar-refractivity contribution in [1.82, 2.24) is 9.97 Å². The van der Waals surface area contributed by atoms with Crippen LogP contribution >= 0.6 is 11.3 Å². The summed E-state index contributed by atoms with van der Waals surface area (Å²) < 4.78 is 0. The summed E-state index contributed by atoms with van der Waals surface area (Å²) in [7, 11) is 0. The maximum atomic E-state index is 9.18. The number of aromatic nitrogens is 2. The zero-order valence-electron chi connectivity index (χ0n) is 7.27. The molecule has 2 aromatic rings. The van der Waals surface area contributed by atoms with E-state index in [-0.39, 0.29) is 6.10 Å². The van der Waals surface area contributed by atoms with Gasteiger partial charge < -0.3 is 5.11 Å². The molecular weight excluding hydrogens is 184 g/mol. The van der Waals surface area contributed by atoms with Crippen molar-refractivity contribution in [2.75, 3.05) is 0 Å². The first-order chi connectivity index (χ1) is 6.25. The molecule has 0 aliphatic heterocycles. The molecule has 68 valence electrons. The molecule has 0 saturated carbocycles. The van der Waals surface area contributed by atoms with E-state index in [4.69, 9.17) is 0 Å². The topological polar surface area (TPSA) is 46.0 Å². The van der Waals surface area contributed by atoms with Crippen molar-refractivity contribution in [3.05, 3.63) is 23.3 Å². The summed E-state index contributed by atoms with van der Waals surface area (Å²) in [5, 5.41) is 10.1. The van der Waals surface area contributed by atoms with Gasteiger partial charge in [-0.25, -0.2) is 9.97 Å². The lowest BCUT2D eigenvalue weighted by Gasteiger charge is -1.96. The van der Waals surface area contributed by atoms with Gasteiger partial charge in [0.15, 0.2) is 0 Å². The summed E-state index contributed by atoms with van der Waals surface area (Å²) in [5.74, 6) is 0. The van der Waals surface area contributed by atoms with Crippen LogP contribution in [0.25, 0.3) is 10.3 Å². The van der Waals surface area contributed by atoms with Gasteiger partial charge in [0, 0.05) is 12.6 Å². The molecule has 0 fully saturated rings. The molecule has 1 N–H and O–H groups in total. The molecule has 0 aliphatic rings. The predicted octanol–water partition coefficient (Wildman–Crippen LogP) is 1.61. The monoisotopic (exact) mass is 194 g/mol. The molecular formula is C9H10N2OS. The third-order valence-electron chi connectivity index (χ3n) is 1.68. The Morgan fingerprint density at radius 3 is 3.15 bits per heavy atom. The Kier molecular flexibility index (Phi) is 2.24. The molecule has 0 aromatic carbocycles. The van der Waals surface area contributed by atoms with E-state index >= 15 is 0 Å². The van der Waals surface area contributed by atoms with Gasteiger partial charge in [-0.1, -0.05) is 11.3 Å². The van der Waals surface area contributed by atoms with Crippen molar-refractivity contribution < 1.29 is 5.11 Å². The molecule has 2 rings (SSSR count). The van der Waals surface area contributed by atoms with Crippen molar-refractivity contribution in [2.24, 2.45) is 0 Å². The van der Waals surface area contributed by atoms with Gasteiger partial charge in [0.05, 0.1) is 11.1 Å². The molecule has 0 radical (unpaired) electrons. The predicted molar refractivity (Wildman–Crippen MR) is 52.8 cm³/mol. The highest BCUT2D eigenvalue weighted by Gasteiger charge is 2.06. The number of pyridine rings is 1. The van der Waals surface area contributed by atoms with E-state index < -0.39 is 0 Å². The van der Waals surface area contributed by atoms with Crippen LogP contribution in [0, 0.1) is 0 Å². The molecule has 2 aromatic heterocycles. The molecule has 4 heteroatoms. The largest absolute Gasteiger partial charge is 0.393 e. The zero-order valence-corrected chi connectivity index (χ0v) is 8.08. The van der Waals surface area contributed by atoms with Crippen LogP contribution in [0.2, 0.25) is 0 Å². The van der Waals surface area contributed by atoms with Gasteiger partial charge in [-0.15, -0.1) is 0 Å². The van der Waals surface area contributed by atoms with Crippen LogP contribution in [0.5, 0.6) is 0 Å². The lowest BCUT2D eigenvalue weighted by atomic mass is 10.3. The summed E-state index contributed by atoms with van der Waals surface area (Å²) in [5.41, 5.74) is 0.920. The Morgan fingerprint density at radius 1 is 1.62 bits per heavy atom. The zero-order chi connectivity index (χ0) is 9.26. The van der Waals surface area contributed by atoms with E-state index in [1.54, 1.807) is 24.5 Å². The minimum atomic E-state index is -0.333. The van der Waals surface area contributed by atoms with E-state index in [1.165, 1.54) is 0 Å². The van der Waals surface area contributed by atoms with E-state index in [0.717, 1.165) is 15.4 Å². The molecule has 0 saturated heterocycles. The van der Waals surface area contributed by atoms with Gasteiger partial charge >= 0.3 is 0 Å². The van der Waals surface area contributed by atoms with Crippen LogP contribution in [0.15, 0.2) is 18.3 Å². The van der Waals surface area contributed by atoms with Gasteiger partial charge in [0.1, 0.15) is 10.3 Å².